The molecule has 1 aliphatic heterocycles. The van der Waals surface area contributed by atoms with Gasteiger partial charge in [0.05, 0.1) is 10.3 Å². The van der Waals surface area contributed by atoms with Gasteiger partial charge in [0, 0.05) is 25.3 Å². The molecule has 0 atom stereocenters. The van der Waals surface area contributed by atoms with Crippen LogP contribution in [0.4, 0.5) is 5.69 Å². The molecular weight excluding hydrogens is 238 g/mol. The first kappa shape index (κ1) is 12.5. The normalized spacial score (nSPS) is 18.2. The average molecular weight is 251 g/mol. The summed E-state index contributed by atoms with van der Waals surface area (Å²) in [5.41, 5.74) is -0.414. The molecule has 1 saturated heterocycles. The Balaban J connectivity index is 2.37. The summed E-state index contributed by atoms with van der Waals surface area (Å²) in [4.78, 5) is 21.6. The van der Waals surface area contributed by atoms with Crippen LogP contribution in [0.2, 0.25) is 0 Å². The van der Waals surface area contributed by atoms with Gasteiger partial charge in [-0.2, -0.15) is 0 Å². The average Bonchev–Trinajstić information content (AvgIpc) is 2.39. The van der Waals surface area contributed by atoms with Crippen molar-refractivity contribution in [1.29, 1.82) is 0 Å². The summed E-state index contributed by atoms with van der Waals surface area (Å²) in [6, 6.07) is 5.74. The van der Waals surface area contributed by atoms with Crippen molar-refractivity contribution < 1.29 is 19.6 Å². The van der Waals surface area contributed by atoms with Crippen molar-refractivity contribution >= 4 is 11.7 Å². The van der Waals surface area contributed by atoms with Crippen LogP contribution in [0.3, 0.4) is 0 Å². The van der Waals surface area contributed by atoms with E-state index in [9.17, 15) is 20.0 Å². The predicted octanol–water partition coefficient (Wildman–Crippen LogP) is 1.73. The molecule has 0 radical (unpaired) electrons. The van der Waals surface area contributed by atoms with Gasteiger partial charge in [0.25, 0.3) is 5.69 Å². The smallest absolute Gasteiger partial charge is 0.314 e. The van der Waals surface area contributed by atoms with E-state index in [-0.39, 0.29) is 5.69 Å². The van der Waals surface area contributed by atoms with Gasteiger partial charge >= 0.3 is 5.97 Å². The molecule has 18 heavy (non-hydrogen) atoms. The minimum atomic E-state index is -0.979. The highest BCUT2D eigenvalue weighted by molar-refractivity contribution is 5.81. The second kappa shape index (κ2) is 4.73. The summed E-state index contributed by atoms with van der Waals surface area (Å²) in [6.45, 7) is 0.784. The summed E-state index contributed by atoms with van der Waals surface area (Å²) in [5.74, 6) is -0.903. The minimum Gasteiger partial charge on any atom is -0.481 e. The number of aliphatic carboxylic acids is 1. The minimum absolute atomic E-state index is 0.0358. The summed E-state index contributed by atoms with van der Waals surface area (Å²) < 4.78 is 5.19. The van der Waals surface area contributed by atoms with Gasteiger partial charge in [0.1, 0.15) is 0 Å². The van der Waals surface area contributed by atoms with Crippen molar-refractivity contribution in [3.8, 4) is 0 Å². The molecule has 1 fully saturated rings. The van der Waals surface area contributed by atoms with Crippen LogP contribution in [0.15, 0.2) is 24.3 Å². The molecule has 96 valence electrons. The Morgan fingerprint density at radius 3 is 2.28 bits per heavy atom. The fourth-order valence-electron chi connectivity index (χ4n) is 2.25. The molecule has 6 nitrogen and oxygen atoms in total. The molecule has 1 aromatic rings. The van der Waals surface area contributed by atoms with Crippen LogP contribution in [-0.2, 0) is 14.9 Å². The molecule has 6 heteroatoms. The highest BCUT2D eigenvalue weighted by atomic mass is 16.6. The number of nitro groups is 1. The number of hydrogen-bond donors (Lipinski definition) is 1. The third-order valence-electron chi connectivity index (χ3n) is 3.39. The zero-order valence-corrected chi connectivity index (χ0v) is 9.67. The van der Waals surface area contributed by atoms with Crippen LogP contribution >= 0.6 is 0 Å². The van der Waals surface area contributed by atoms with Gasteiger partial charge in [0.2, 0.25) is 0 Å². The molecule has 1 aromatic carbocycles. The molecule has 0 amide bonds. The SMILES string of the molecule is O=C(O)C1(c2ccc([N+](=O)[O-])cc2)CCOCC1. The summed E-state index contributed by atoms with van der Waals surface area (Å²) in [7, 11) is 0. The van der Waals surface area contributed by atoms with Gasteiger partial charge in [-0.1, -0.05) is 12.1 Å². The third kappa shape index (κ3) is 2.06. The standard InChI is InChI=1S/C12H13NO5/c14-11(15)12(5-7-18-8-6-12)9-1-3-10(4-2-9)13(16)17/h1-4H,5-8H2,(H,14,15). The molecule has 1 aliphatic rings. The van der Waals surface area contributed by atoms with E-state index in [1.165, 1.54) is 24.3 Å². The fraction of sp³-hybridized carbons (Fsp3) is 0.417. The van der Waals surface area contributed by atoms with Crippen molar-refractivity contribution in [2.75, 3.05) is 13.2 Å². The van der Waals surface area contributed by atoms with E-state index in [2.05, 4.69) is 0 Å². The molecule has 2 rings (SSSR count). The molecule has 0 spiro atoms. The maximum atomic E-state index is 11.5. The first-order valence-corrected chi connectivity index (χ1v) is 5.62. The Morgan fingerprint density at radius 1 is 1.28 bits per heavy atom. The fourth-order valence-corrected chi connectivity index (χ4v) is 2.25. The van der Waals surface area contributed by atoms with Gasteiger partial charge in [-0.25, -0.2) is 0 Å². The first-order chi connectivity index (χ1) is 8.56. The van der Waals surface area contributed by atoms with Crippen molar-refractivity contribution in [3.63, 3.8) is 0 Å². The largest absolute Gasteiger partial charge is 0.481 e. The van der Waals surface area contributed by atoms with Gasteiger partial charge in [0.15, 0.2) is 0 Å². The van der Waals surface area contributed by atoms with E-state index in [1.54, 1.807) is 0 Å². The Hall–Kier alpha value is -1.95. The first-order valence-electron chi connectivity index (χ1n) is 5.62. The van der Waals surface area contributed by atoms with E-state index < -0.39 is 16.3 Å². The lowest BCUT2D eigenvalue weighted by molar-refractivity contribution is -0.384. The topological polar surface area (TPSA) is 89.7 Å². The number of carboxylic acids is 1. The quantitative estimate of drug-likeness (QED) is 0.652. The number of rotatable bonds is 3. The van der Waals surface area contributed by atoms with E-state index >= 15 is 0 Å². The van der Waals surface area contributed by atoms with Crippen LogP contribution in [0.25, 0.3) is 0 Å². The van der Waals surface area contributed by atoms with Crippen molar-refractivity contribution in [2.24, 2.45) is 0 Å². The van der Waals surface area contributed by atoms with E-state index in [0.29, 0.717) is 31.6 Å². The number of ether oxygens (including phenoxy) is 1. The molecule has 0 aromatic heterocycles. The van der Waals surface area contributed by atoms with Crippen molar-refractivity contribution in [2.45, 2.75) is 18.3 Å². The Labute approximate surface area is 103 Å². The lowest BCUT2D eigenvalue weighted by Gasteiger charge is -2.33. The highest BCUT2D eigenvalue weighted by Gasteiger charge is 2.41. The molecule has 0 saturated carbocycles. The Bertz CT molecular complexity index is 462. The number of benzene rings is 1. The van der Waals surface area contributed by atoms with E-state index in [0.717, 1.165) is 0 Å². The number of nitro benzene ring substituents is 1. The van der Waals surface area contributed by atoms with Gasteiger partial charge in [-0.3, -0.25) is 14.9 Å². The second-order valence-electron chi connectivity index (χ2n) is 4.30. The molecule has 1 N–H and O–H groups in total. The van der Waals surface area contributed by atoms with E-state index in [4.69, 9.17) is 4.74 Å². The summed E-state index contributed by atoms with van der Waals surface area (Å²) in [5, 5.41) is 20.0. The second-order valence-corrected chi connectivity index (χ2v) is 4.30. The number of non-ortho nitro benzene ring substituents is 1. The Morgan fingerprint density at radius 2 is 1.83 bits per heavy atom. The molecule has 0 unspecified atom stereocenters. The van der Waals surface area contributed by atoms with Gasteiger partial charge in [-0.15, -0.1) is 0 Å². The Kier molecular flexibility index (Phi) is 3.29. The van der Waals surface area contributed by atoms with Crippen LogP contribution in [0.1, 0.15) is 18.4 Å². The summed E-state index contributed by atoms with van der Waals surface area (Å²) in [6.07, 6.45) is 0.778. The van der Waals surface area contributed by atoms with Crippen LogP contribution in [0, 0.1) is 10.1 Å². The van der Waals surface area contributed by atoms with Crippen molar-refractivity contribution in [3.05, 3.63) is 39.9 Å². The van der Waals surface area contributed by atoms with Crippen LogP contribution in [-0.4, -0.2) is 29.2 Å². The third-order valence-corrected chi connectivity index (χ3v) is 3.39. The van der Waals surface area contributed by atoms with Gasteiger partial charge in [-0.05, 0) is 18.4 Å². The molecule has 0 bridgehead atoms. The van der Waals surface area contributed by atoms with Crippen LogP contribution in [0.5, 0.6) is 0 Å². The number of carboxylic acid groups (broad SMARTS) is 1. The highest BCUT2D eigenvalue weighted by Crippen LogP contribution is 2.35. The lowest BCUT2D eigenvalue weighted by atomic mass is 9.74. The number of nitrogens with zero attached hydrogens (tertiary/aromatic N) is 1. The van der Waals surface area contributed by atoms with Crippen LogP contribution < -0.4 is 0 Å². The zero-order valence-electron chi connectivity index (χ0n) is 9.67. The zero-order chi connectivity index (χ0) is 13.2. The monoisotopic (exact) mass is 251 g/mol. The number of carbonyl (C=O) groups is 1. The molecule has 1 heterocycles. The van der Waals surface area contributed by atoms with E-state index in [1.807, 2.05) is 0 Å². The van der Waals surface area contributed by atoms with Crippen molar-refractivity contribution in [1.82, 2.24) is 0 Å². The molecular formula is C12H13NO5. The lowest BCUT2D eigenvalue weighted by Crippen LogP contribution is -2.41. The maximum absolute atomic E-state index is 11.5. The predicted molar refractivity (Wildman–Crippen MR) is 62.5 cm³/mol. The number of hydrogen-bond acceptors (Lipinski definition) is 4. The summed E-state index contributed by atoms with van der Waals surface area (Å²) >= 11 is 0. The van der Waals surface area contributed by atoms with Gasteiger partial charge < -0.3 is 9.84 Å². The maximum Gasteiger partial charge on any atom is 0.314 e. The molecule has 0 aliphatic carbocycles.